The maximum absolute atomic E-state index is 12.5. The lowest BCUT2D eigenvalue weighted by Crippen LogP contribution is -2.40. The summed E-state index contributed by atoms with van der Waals surface area (Å²) in [5.41, 5.74) is 2.05. The number of hydrogen-bond donors (Lipinski definition) is 2. The molecule has 0 saturated carbocycles. The van der Waals surface area contributed by atoms with Crippen molar-refractivity contribution in [2.24, 2.45) is 7.05 Å². The van der Waals surface area contributed by atoms with Crippen molar-refractivity contribution < 1.29 is 14.3 Å². The number of rotatable bonds is 8. The van der Waals surface area contributed by atoms with E-state index in [1.165, 1.54) is 0 Å². The zero-order valence-electron chi connectivity index (χ0n) is 16.9. The third kappa shape index (κ3) is 5.28. The molecule has 1 atom stereocenters. The van der Waals surface area contributed by atoms with Gasteiger partial charge in [0.15, 0.2) is 0 Å². The molecule has 2 N–H and O–H groups in total. The first-order chi connectivity index (χ1) is 14.1. The van der Waals surface area contributed by atoms with Crippen LogP contribution in [0.5, 0.6) is 11.5 Å². The molecule has 1 unspecified atom stereocenters. The fraction of sp³-hybridized carbons (Fsp3) is 0.273. The number of methoxy groups -OCH3 is 2. The van der Waals surface area contributed by atoms with Gasteiger partial charge in [0.1, 0.15) is 23.4 Å². The number of benzene rings is 2. The smallest absolute Gasteiger partial charge is 0.315 e. The van der Waals surface area contributed by atoms with Crippen molar-refractivity contribution in [3.05, 3.63) is 77.9 Å². The highest BCUT2D eigenvalue weighted by Crippen LogP contribution is 2.23. The van der Waals surface area contributed by atoms with Crippen LogP contribution in [0, 0.1) is 0 Å². The van der Waals surface area contributed by atoms with E-state index in [2.05, 4.69) is 15.6 Å². The van der Waals surface area contributed by atoms with Crippen molar-refractivity contribution in [2.45, 2.75) is 12.5 Å². The third-order valence-corrected chi connectivity index (χ3v) is 4.70. The fourth-order valence-corrected chi connectivity index (χ4v) is 3.04. The van der Waals surface area contributed by atoms with Gasteiger partial charge in [0.25, 0.3) is 0 Å². The van der Waals surface area contributed by atoms with Gasteiger partial charge < -0.3 is 24.7 Å². The van der Waals surface area contributed by atoms with Crippen LogP contribution >= 0.6 is 0 Å². The number of aromatic nitrogens is 2. The molecule has 0 radical (unpaired) electrons. The molecular formula is C22H26N4O3. The summed E-state index contributed by atoms with van der Waals surface area (Å²) < 4.78 is 12.3. The van der Waals surface area contributed by atoms with Gasteiger partial charge in [-0.2, -0.15) is 0 Å². The third-order valence-electron chi connectivity index (χ3n) is 4.70. The maximum Gasteiger partial charge on any atom is 0.315 e. The highest BCUT2D eigenvalue weighted by atomic mass is 16.5. The summed E-state index contributed by atoms with van der Waals surface area (Å²) in [5, 5.41) is 5.95. The summed E-state index contributed by atoms with van der Waals surface area (Å²) in [7, 11) is 5.17. The molecule has 7 heteroatoms. The van der Waals surface area contributed by atoms with Crippen LogP contribution in [0.15, 0.2) is 60.9 Å². The van der Waals surface area contributed by atoms with E-state index in [1.807, 2.05) is 66.3 Å². The van der Waals surface area contributed by atoms with Crippen molar-refractivity contribution in [3.63, 3.8) is 0 Å². The molecule has 152 valence electrons. The Morgan fingerprint density at radius 1 is 1.03 bits per heavy atom. The Bertz CT molecular complexity index is 920. The molecule has 1 heterocycles. The monoisotopic (exact) mass is 394 g/mol. The molecule has 0 bridgehead atoms. The van der Waals surface area contributed by atoms with E-state index >= 15 is 0 Å². The van der Waals surface area contributed by atoms with Gasteiger partial charge in [0, 0.05) is 26.0 Å². The lowest BCUT2D eigenvalue weighted by Gasteiger charge is -2.20. The SMILES string of the molecule is COc1ccc(CCNC(=O)NC(c2ccc(OC)cc2)c2nccn2C)cc1. The molecule has 2 aromatic carbocycles. The molecule has 0 saturated heterocycles. The average molecular weight is 394 g/mol. The van der Waals surface area contributed by atoms with Crippen molar-refractivity contribution >= 4 is 6.03 Å². The van der Waals surface area contributed by atoms with Crippen molar-refractivity contribution in [3.8, 4) is 11.5 Å². The molecule has 2 amide bonds. The van der Waals surface area contributed by atoms with Gasteiger partial charge in [-0.05, 0) is 41.8 Å². The molecule has 0 aliphatic rings. The van der Waals surface area contributed by atoms with E-state index in [4.69, 9.17) is 9.47 Å². The standard InChI is InChI=1S/C22H26N4O3/c1-26-15-14-23-21(26)20(17-6-10-19(29-3)11-7-17)25-22(27)24-13-12-16-4-8-18(28-2)9-5-16/h4-11,14-15,20H,12-13H2,1-3H3,(H2,24,25,27). The number of carbonyl (C=O) groups is 1. The molecule has 1 aromatic heterocycles. The molecule has 29 heavy (non-hydrogen) atoms. The minimum absolute atomic E-state index is 0.248. The number of nitrogens with one attached hydrogen (secondary N) is 2. The van der Waals surface area contributed by atoms with Crippen molar-refractivity contribution in [2.75, 3.05) is 20.8 Å². The Kier molecular flexibility index (Phi) is 6.73. The normalized spacial score (nSPS) is 11.6. The first-order valence-electron chi connectivity index (χ1n) is 9.39. The quantitative estimate of drug-likeness (QED) is 0.616. The van der Waals surface area contributed by atoms with E-state index in [1.54, 1.807) is 20.4 Å². The topological polar surface area (TPSA) is 77.4 Å². The summed E-state index contributed by atoms with van der Waals surface area (Å²) in [6.07, 6.45) is 4.30. The maximum atomic E-state index is 12.5. The molecule has 0 spiro atoms. The zero-order valence-corrected chi connectivity index (χ0v) is 16.9. The Morgan fingerprint density at radius 3 is 2.21 bits per heavy atom. The lowest BCUT2D eigenvalue weighted by atomic mass is 10.1. The van der Waals surface area contributed by atoms with Crippen LogP contribution in [0.1, 0.15) is 23.0 Å². The first kappa shape index (κ1) is 20.3. The summed E-state index contributed by atoms with van der Waals surface area (Å²) in [6, 6.07) is 14.8. The minimum atomic E-state index is -0.373. The van der Waals surface area contributed by atoms with Gasteiger partial charge in [-0.1, -0.05) is 24.3 Å². The summed E-state index contributed by atoms with van der Waals surface area (Å²) >= 11 is 0. The second kappa shape index (κ2) is 9.64. The molecule has 0 fully saturated rings. The van der Waals surface area contributed by atoms with E-state index in [9.17, 15) is 4.79 Å². The van der Waals surface area contributed by atoms with Gasteiger partial charge in [-0.25, -0.2) is 9.78 Å². The van der Waals surface area contributed by atoms with Gasteiger partial charge in [-0.15, -0.1) is 0 Å². The fourth-order valence-electron chi connectivity index (χ4n) is 3.04. The molecule has 0 aliphatic carbocycles. The van der Waals surface area contributed by atoms with Crippen LogP contribution in [0.3, 0.4) is 0 Å². The van der Waals surface area contributed by atoms with Gasteiger partial charge in [0.05, 0.1) is 14.2 Å². The summed E-state index contributed by atoms with van der Waals surface area (Å²) in [6.45, 7) is 0.522. The number of amides is 2. The Labute approximate surface area is 170 Å². The molecule has 3 aromatic rings. The van der Waals surface area contributed by atoms with Crippen LogP contribution in [0.25, 0.3) is 0 Å². The zero-order chi connectivity index (χ0) is 20.6. The van der Waals surface area contributed by atoms with E-state index in [-0.39, 0.29) is 12.1 Å². The van der Waals surface area contributed by atoms with E-state index in [0.29, 0.717) is 6.54 Å². The summed E-state index contributed by atoms with van der Waals surface area (Å²) in [4.78, 5) is 17.0. The van der Waals surface area contributed by atoms with Gasteiger partial charge in [0.2, 0.25) is 0 Å². The first-order valence-corrected chi connectivity index (χ1v) is 9.39. The van der Waals surface area contributed by atoms with Crippen molar-refractivity contribution in [1.29, 1.82) is 0 Å². The van der Waals surface area contributed by atoms with Crippen molar-refractivity contribution in [1.82, 2.24) is 20.2 Å². The predicted octanol–water partition coefficient (Wildman–Crippen LogP) is 3.07. The number of aryl methyl sites for hydroxylation is 1. The lowest BCUT2D eigenvalue weighted by molar-refractivity contribution is 0.238. The Hall–Kier alpha value is -3.48. The van der Waals surface area contributed by atoms with E-state index in [0.717, 1.165) is 34.9 Å². The van der Waals surface area contributed by atoms with Crippen LogP contribution in [-0.4, -0.2) is 36.3 Å². The number of imidazole rings is 1. The van der Waals surface area contributed by atoms with E-state index < -0.39 is 0 Å². The van der Waals surface area contributed by atoms with Crippen LogP contribution in [0.4, 0.5) is 4.79 Å². The van der Waals surface area contributed by atoms with Crippen LogP contribution in [-0.2, 0) is 13.5 Å². The highest BCUT2D eigenvalue weighted by Gasteiger charge is 2.20. The highest BCUT2D eigenvalue weighted by molar-refractivity contribution is 5.74. The molecule has 3 rings (SSSR count). The summed E-state index contributed by atoms with van der Waals surface area (Å²) in [5.74, 6) is 2.33. The number of hydrogen-bond acceptors (Lipinski definition) is 4. The van der Waals surface area contributed by atoms with Gasteiger partial charge >= 0.3 is 6.03 Å². The molecule has 7 nitrogen and oxygen atoms in total. The molecular weight excluding hydrogens is 368 g/mol. The number of carbonyl (C=O) groups excluding carboxylic acids is 1. The number of nitrogens with zero attached hydrogens (tertiary/aromatic N) is 2. The average Bonchev–Trinajstić information content (AvgIpc) is 3.18. The molecule has 0 aliphatic heterocycles. The second-order valence-corrected chi connectivity index (χ2v) is 6.60. The van der Waals surface area contributed by atoms with Gasteiger partial charge in [-0.3, -0.25) is 0 Å². The number of ether oxygens (including phenoxy) is 2. The predicted molar refractivity (Wildman–Crippen MR) is 111 cm³/mol. The number of urea groups is 1. The largest absolute Gasteiger partial charge is 0.497 e. The Balaban J connectivity index is 1.63. The second-order valence-electron chi connectivity index (χ2n) is 6.60. The van der Waals surface area contributed by atoms with Crippen LogP contribution in [0.2, 0.25) is 0 Å². The minimum Gasteiger partial charge on any atom is -0.497 e. The Morgan fingerprint density at radius 2 is 1.66 bits per heavy atom. The van der Waals surface area contributed by atoms with Crippen LogP contribution < -0.4 is 20.1 Å².